The van der Waals surface area contributed by atoms with Crippen LogP contribution in [0.2, 0.25) is 5.02 Å². The van der Waals surface area contributed by atoms with Gasteiger partial charge in [0, 0.05) is 38.7 Å². The summed E-state index contributed by atoms with van der Waals surface area (Å²) in [6.07, 6.45) is 0.818. The van der Waals surface area contributed by atoms with Gasteiger partial charge < -0.3 is 9.80 Å². The maximum absolute atomic E-state index is 11.3. The molecule has 0 N–H and O–H groups in total. The lowest BCUT2D eigenvalue weighted by atomic mass is 10.1. The first-order valence-corrected chi connectivity index (χ1v) is 6.25. The number of piperazine rings is 1. The third-order valence-electron chi connectivity index (χ3n) is 3.19. The minimum atomic E-state index is 0.0874. The molecule has 1 aliphatic rings. The average molecular weight is 267 g/mol. The SMILES string of the molecule is CC(=O)N1CCN(c2c(Cl)cccc2C=O)CC1. The minimum Gasteiger partial charge on any atom is -0.366 e. The predicted molar refractivity (Wildman–Crippen MR) is 71.3 cm³/mol. The van der Waals surface area contributed by atoms with Crippen molar-refractivity contribution in [2.75, 3.05) is 31.1 Å². The van der Waals surface area contributed by atoms with Gasteiger partial charge in [0.2, 0.25) is 5.91 Å². The Balaban J connectivity index is 2.19. The van der Waals surface area contributed by atoms with E-state index >= 15 is 0 Å². The number of amides is 1. The summed E-state index contributed by atoms with van der Waals surface area (Å²) in [4.78, 5) is 26.2. The Bertz CT molecular complexity index is 468. The molecule has 1 saturated heterocycles. The van der Waals surface area contributed by atoms with Crippen LogP contribution in [0, 0.1) is 0 Å². The first-order chi connectivity index (χ1) is 8.63. The number of para-hydroxylation sites is 1. The van der Waals surface area contributed by atoms with Crippen LogP contribution in [0.4, 0.5) is 5.69 Å². The van der Waals surface area contributed by atoms with E-state index in [-0.39, 0.29) is 5.91 Å². The molecule has 1 aromatic carbocycles. The summed E-state index contributed by atoms with van der Waals surface area (Å²) in [5.41, 5.74) is 1.37. The third kappa shape index (κ3) is 2.48. The number of aldehydes is 1. The molecule has 1 fully saturated rings. The number of benzene rings is 1. The highest BCUT2D eigenvalue weighted by Crippen LogP contribution is 2.29. The molecule has 0 unspecified atom stereocenters. The summed E-state index contributed by atoms with van der Waals surface area (Å²) in [6, 6.07) is 5.30. The number of hydrogen-bond donors (Lipinski definition) is 0. The van der Waals surface area contributed by atoms with Gasteiger partial charge in [-0.1, -0.05) is 17.7 Å². The van der Waals surface area contributed by atoms with Crippen LogP contribution in [0.1, 0.15) is 17.3 Å². The lowest BCUT2D eigenvalue weighted by Crippen LogP contribution is -2.48. The second-order valence-electron chi connectivity index (χ2n) is 4.29. The Labute approximate surface area is 111 Å². The van der Waals surface area contributed by atoms with Gasteiger partial charge in [-0.25, -0.2) is 0 Å². The van der Waals surface area contributed by atoms with Crippen molar-refractivity contribution in [3.63, 3.8) is 0 Å². The summed E-state index contributed by atoms with van der Waals surface area (Å²) in [7, 11) is 0. The van der Waals surface area contributed by atoms with E-state index in [1.54, 1.807) is 30.0 Å². The van der Waals surface area contributed by atoms with Gasteiger partial charge in [0.15, 0.2) is 6.29 Å². The van der Waals surface area contributed by atoms with Crippen LogP contribution in [0.3, 0.4) is 0 Å². The van der Waals surface area contributed by atoms with Crippen molar-refractivity contribution in [3.05, 3.63) is 28.8 Å². The van der Waals surface area contributed by atoms with Crippen molar-refractivity contribution >= 4 is 29.5 Å². The van der Waals surface area contributed by atoms with Crippen molar-refractivity contribution in [3.8, 4) is 0 Å². The number of hydrogen-bond acceptors (Lipinski definition) is 3. The monoisotopic (exact) mass is 266 g/mol. The van der Waals surface area contributed by atoms with Crippen LogP contribution in [0.5, 0.6) is 0 Å². The fourth-order valence-electron chi connectivity index (χ4n) is 2.21. The quantitative estimate of drug-likeness (QED) is 0.767. The molecule has 0 aliphatic carbocycles. The molecule has 4 nitrogen and oxygen atoms in total. The van der Waals surface area contributed by atoms with E-state index in [2.05, 4.69) is 4.90 Å². The molecule has 1 heterocycles. The van der Waals surface area contributed by atoms with E-state index in [0.29, 0.717) is 36.8 Å². The zero-order chi connectivity index (χ0) is 13.1. The Morgan fingerprint density at radius 3 is 2.50 bits per heavy atom. The lowest BCUT2D eigenvalue weighted by molar-refractivity contribution is -0.129. The van der Waals surface area contributed by atoms with Crippen LogP contribution in [-0.2, 0) is 4.79 Å². The minimum absolute atomic E-state index is 0.0874. The van der Waals surface area contributed by atoms with Crippen molar-refractivity contribution in [1.82, 2.24) is 4.90 Å². The molecule has 5 heteroatoms. The molecular formula is C13H15ClN2O2. The normalized spacial score (nSPS) is 15.7. The smallest absolute Gasteiger partial charge is 0.219 e. The Kier molecular flexibility index (Phi) is 3.87. The highest BCUT2D eigenvalue weighted by Gasteiger charge is 2.22. The van der Waals surface area contributed by atoms with Crippen molar-refractivity contribution in [2.24, 2.45) is 0 Å². The average Bonchev–Trinajstić information content (AvgIpc) is 2.38. The number of anilines is 1. The molecule has 0 saturated carbocycles. The Morgan fingerprint density at radius 2 is 1.94 bits per heavy atom. The molecule has 96 valence electrons. The van der Waals surface area contributed by atoms with E-state index in [0.717, 1.165) is 12.0 Å². The number of carbonyl (C=O) groups excluding carboxylic acids is 2. The molecular weight excluding hydrogens is 252 g/mol. The highest BCUT2D eigenvalue weighted by atomic mass is 35.5. The maximum atomic E-state index is 11.3. The van der Waals surface area contributed by atoms with Crippen molar-refractivity contribution in [2.45, 2.75) is 6.92 Å². The molecule has 1 aromatic rings. The summed E-state index contributed by atoms with van der Waals surface area (Å²) in [6.45, 7) is 4.30. The van der Waals surface area contributed by atoms with E-state index in [1.807, 2.05) is 0 Å². The second-order valence-corrected chi connectivity index (χ2v) is 4.70. The Morgan fingerprint density at radius 1 is 1.28 bits per heavy atom. The zero-order valence-electron chi connectivity index (χ0n) is 10.2. The van der Waals surface area contributed by atoms with Crippen LogP contribution in [0.25, 0.3) is 0 Å². The number of carbonyl (C=O) groups is 2. The molecule has 0 bridgehead atoms. The van der Waals surface area contributed by atoms with Gasteiger partial charge >= 0.3 is 0 Å². The van der Waals surface area contributed by atoms with E-state index in [4.69, 9.17) is 11.6 Å². The Hall–Kier alpha value is -1.55. The van der Waals surface area contributed by atoms with Crippen molar-refractivity contribution < 1.29 is 9.59 Å². The standard InChI is InChI=1S/C13H15ClN2O2/c1-10(18)15-5-7-16(8-6-15)13-11(9-17)3-2-4-12(13)14/h2-4,9H,5-8H2,1H3. The van der Waals surface area contributed by atoms with E-state index in [1.165, 1.54) is 0 Å². The molecule has 0 radical (unpaired) electrons. The largest absolute Gasteiger partial charge is 0.366 e. The highest BCUT2D eigenvalue weighted by molar-refractivity contribution is 6.33. The van der Waals surface area contributed by atoms with Crippen LogP contribution < -0.4 is 4.90 Å². The first-order valence-electron chi connectivity index (χ1n) is 5.87. The summed E-state index contributed by atoms with van der Waals surface area (Å²) in [5, 5.41) is 0.580. The van der Waals surface area contributed by atoms with Crippen molar-refractivity contribution in [1.29, 1.82) is 0 Å². The molecule has 2 rings (SSSR count). The lowest BCUT2D eigenvalue weighted by Gasteiger charge is -2.36. The fraction of sp³-hybridized carbons (Fsp3) is 0.385. The van der Waals surface area contributed by atoms with Gasteiger partial charge in [0.05, 0.1) is 10.7 Å². The second kappa shape index (κ2) is 5.40. The van der Waals surface area contributed by atoms with E-state index in [9.17, 15) is 9.59 Å². The van der Waals surface area contributed by atoms with Gasteiger partial charge in [-0.05, 0) is 12.1 Å². The third-order valence-corrected chi connectivity index (χ3v) is 3.49. The number of nitrogens with zero attached hydrogens (tertiary/aromatic N) is 2. The summed E-state index contributed by atoms with van der Waals surface area (Å²) < 4.78 is 0. The predicted octanol–water partition coefficient (Wildman–Crippen LogP) is 1.82. The first kappa shape index (κ1) is 12.9. The van der Waals surface area contributed by atoms with Gasteiger partial charge in [0.1, 0.15) is 0 Å². The number of rotatable bonds is 2. The van der Waals surface area contributed by atoms with Crippen LogP contribution >= 0.6 is 11.6 Å². The molecule has 18 heavy (non-hydrogen) atoms. The molecule has 1 aliphatic heterocycles. The molecule has 0 aromatic heterocycles. The molecule has 0 atom stereocenters. The summed E-state index contributed by atoms with van der Waals surface area (Å²) >= 11 is 6.16. The topological polar surface area (TPSA) is 40.6 Å². The van der Waals surface area contributed by atoms with Gasteiger partial charge in [-0.3, -0.25) is 9.59 Å². The molecule has 0 spiro atoms. The van der Waals surface area contributed by atoms with Gasteiger partial charge in [-0.15, -0.1) is 0 Å². The van der Waals surface area contributed by atoms with Gasteiger partial charge in [-0.2, -0.15) is 0 Å². The zero-order valence-corrected chi connectivity index (χ0v) is 11.0. The summed E-state index contributed by atoms with van der Waals surface area (Å²) in [5.74, 6) is 0.0874. The van der Waals surface area contributed by atoms with Crippen LogP contribution in [-0.4, -0.2) is 43.3 Å². The maximum Gasteiger partial charge on any atom is 0.219 e. The van der Waals surface area contributed by atoms with Crippen LogP contribution in [0.15, 0.2) is 18.2 Å². The molecule has 1 amide bonds. The number of halogens is 1. The van der Waals surface area contributed by atoms with E-state index < -0.39 is 0 Å². The fourth-order valence-corrected chi connectivity index (χ4v) is 2.51. The van der Waals surface area contributed by atoms with Gasteiger partial charge in [0.25, 0.3) is 0 Å².